The lowest BCUT2D eigenvalue weighted by atomic mass is 9.69. The van der Waals surface area contributed by atoms with Crippen LogP contribution in [-0.2, 0) is 9.53 Å². The molecule has 5 nitrogen and oxygen atoms in total. The number of hydrogen-bond acceptors (Lipinski definition) is 5. The summed E-state index contributed by atoms with van der Waals surface area (Å²) in [5.74, 6) is 0.0783. The number of allylic oxidation sites excluding steroid dienone is 2. The molecule has 4 rings (SSSR count). The third-order valence-corrected chi connectivity index (χ3v) is 5.45. The first-order valence-electron chi connectivity index (χ1n) is 9.38. The fraction of sp³-hybridized carbons (Fsp3) is 0.348. The van der Waals surface area contributed by atoms with Crippen LogP contribution in [0.25, 0.3) is 11.3 Å². The lowest BCUT2D eigenvalue weighted by molar-refractivity contribution is -0.119. The molecule has 142 valence electrons. The Balaban J connectivity index is 1.80. The van der Waals surface area contributed by atoms with Crippen LogP contribution in [0.4, 0.5) is 0 Å². The summed E-state index contributed by atoms with van der Waals surface area (Å²) in [6.45, 7) is 6.04. The fourth-order valence-corrected chi connectivity index (χ4v) is 4.06. The van der Waals surface area contributed by atoms with E-state index in [1.54, 1.807) is 6.07 Å². The average Bonchev–Trinajstić information content (AvgIpc) is 3.09. The highest BCUT2D eigenvalue weighted by molar-refractivity contribution is 6.01. The second kappa shape index (κ2) is 6.49. The van der Waals surface area contributed by atoms with Crippen molar-refractivity contribution < 1.29 is 13.9 Å². The van der Waals surface area contributed by atoms with E-state index < -0.39 is 11.8 Å². The van der Waals surface area contributed by atoms with Gasteiger partial charge in [0.15, 0.2) is 5.78 Å². The second-order valence-corrected chi connectivity index (χ2v) is 8.40. The average molecular weight is 374 g/mol. The van der Waals surface area contributed by atoms with Gasteiger partial charge in [0, 0.05) is 24.0 Å². The minimum Gasteiger partial charge on any atom is -0.460 e. The van der Waals surface area contributed by atoms with Crippen molar-refractivity contribution in [3.05, 3.63) is 59.1 Å². The number of carbonyl (C=O) groups excluding carboxylic acids is 1. The molecule has 1 aliphatic carbocycles. The first-order valence-corrected chi connectivity index (χ1v) is 9.38. The highest BCUT2D eigenvalue weighted by Gasteiger charge is 2.47. The zero-order chi connectivity index (χ0) is 20.1. The summed E-state index contributed by atoms with van der Waals surface area (Å²) in [6, 6.07) is 13.8. The maximum atomic E-state index is 13.0. The number of nitrogens with one attached hydrogen (secondary N) is 1. The molecule has 2 aliphatic rings. The number of nitriles is 1. The normalized spacial score (nSPS) is 23.8. The van der Waals surface area contributed by atoms with E-state index >= 15 is 0 Å². The van der Waals surface area contributed by atoms with Crippen LogP contribution in [0, 0.1) is 35.0 Å². The zero-order valence-electron chi connectivity index (χ0n) is 16.2. The van der Waals surface area contributed by atoms with E-state index in [1.807, 2.05) is 51.1 Å². The van der Waals surface area contributed by atoms with Gasteiger partial charge in [0.25, 0.3) is 0 Å². The van der Waals surface area contributed by atoms with Crippen LogP contribution in [0.15, 0.2) is 52.1 Å². The third-order valence-electron chi connectivity index (χ3n) is 5.45. The van der Waals surface area contributed by atoms with E-state index in [0.717, 1.165) is 11.1 Å². The maximum Gasteiger partial charge on any atom is 0.205 e. The Bertz CT molecular complexity index is 1030. The molecule has 28 heavy (non-hydrogen) atoms. The second-order valence-electron chi connectivity index (χ2n) is 8.40. The number of benzene rings is 1. The largest absolute Gasteiger partial charge is 0.460 e. The molecule has 2 unspecified atom stereocenters. The lowest BCUT2D eigenvalue weighted by Crippen LogP contribution is -2.38. The third kappa shape index (κ3) is 3.05. The summed E-state index contributed by atoms with van der Waals surface area (Å²) in [5, 5.41) is 17.9. The van der Waals surface area contributed by atoms with Crippen molar-refractivity contribution in [1.82, 2.24) is 0 Å². The molecule has 2 aromatic rings. The predicted molar refractivity (Wildman–Crippen MR) is 105 cm³/mol. The molecular weight excluding hydrogens is 352 g/mol. The Kier molecular flexibility index (Phi) is 4.23. The van der Waals surface area contributed by atoms with Crippen LogP contribution >= 0.6 is 0 Å². The summed E-state index contributed by atoms with van der Waals surface area (Å²) >= 11 is 0. The minimum atomic E-state index is -0.874. The van der Waals surface area contributed by atoms with Crippen molar-refractivity contribution in [2.24, 2.45) is 11.3 Å². The zero-order valence-corrected chi connectivity index (χ0v) is 16.2. The number of Topliss-reactive ketones (excluding diaryl/α,β-unsaturated/α-hetero) is 1. The molecule has 1 aliphatic heterocycles. The molecule has 1 aromatic carbocycles. The van der Waals surface area contributed by atoms with Crippen LogP contribution in [0.2, 0.25) is 0 Å². The monoisotopic (exact) mass is 374 g/mol. The molecule has 0 saturated carbocycles. The molecule has 1 aromatic heterocycles. The van der Waals surface area contributed by atoms with Gasteiger partial charge in [-0.15, -0.1) is 0 Å². The number of hydrogen-bond donors (Lipinski definition) is 1. The van der Waals surface area contributed by atoms with Crippen molar-refractivity contribution >= 4 is 11.7 Å². The molecule has 5 heteroatoms. The van der Waals surface area contributed by atoms with E-state index in [4.69, 9.17) is 14.6 Å². The van der Waals surface area contributed by atoms with Crippen molar-refractivity contribution in [3.63, 3.8) is 0 Å². The van der Waals surface area contributed by atoms with Crippen LogP contribution in [0.1, 0.15) is 43.9 Å². The van der Waals surface area contributed by atoms with Crippen LogP contribution in [-0.4, -0.2) is 11.7 Å². The van der Waals surface area contributed by atoms with Crippen LogP contribution in [0.3, 0.4) is 0 Å². The molecule has 0 spiro atoms. The number of ether oxygens (including phenoxy) is 1. The number of carbonyl (C=O) groups is 1. The minimum absolute atomic E-state index is 0.0303. The van der Waals surface area contributed by atoms with Crippen LogP contribution < -0.4 is 0 Å². The maximum absolute atomic E-state index is 13.0. The van der Waals surface area contributed by atoms with E-state index in [2.05, 4.69) is 6.07 Å². The SMILES string of the molecule is Cc1ccc(-c2ccc(C3C4=C(CC(C)(C)CC4=O)OC(=N)C3C#N)o2)cc1. The van der Waals surface area contributed by atoms with E-state index in [0.29, 0.717) is 35.7 Å². The highest BCUT2D eigenvalue weighted by Crippen LogP contribution is 2.48. The van der Waals surface area contributed by atoms with Gasteiger partial charge in [0.2, 0.25) is 5.90 Å². The Labute approximate surface area is 164 Å². The fourth-order valence-electron chi connectivity index (χ4n) is 4.06. The van der Waals surface area contributed by atoms with Gasteiger partial charge in [-0.3, -0.25) is 10.2 Å². The molecule has 0 amide bonds. The Morgan fingerprint density at radius 1 is 1.14 bits per heavy atom. The number of furan rings is 1. The molecule has 0 radical (unpaired) electrons. The molecule has 2 heterocycles. The quantitative estimate of drug-likeness (QED) is 0.789. The van der Waals surface area contributed by atoms with Crippen molar-refractivity contribution in [1.29, 1.82) is 10.7 Å². The Morgan fingerprint density at radius 2 is 1.86 bits per heavy atom. The van der Waals surface area contributed by atoms with Gasteiger partial charge in [-0.1, -0.05) is 43.7 Å². The van der Waals surface area contributed by atoms with Gasteiger partial charge in [-0.05, 0) is 24.5 Å². The Hall–Kier alpha value is -3.13. The van der Waals surface area contributed by atoms with Crippen molar-refractivity contribution in [2.75, 3.05) is 0 Å². The Morgan fingerprint density at radius 3 is 2.54 bits per heavy atom. The van der Waals surface area contributed by atoms with Gasteiger partial charge >= 0.3 is 0 Å². The summed E-state index contributed by atoms with van der Waals surface area (Å²) in [5.41, 5.74) is 2.35. The molecule has 0 fully saturated rings. The van der Waals surface area contributed by atoms with E-state index in [1.165, 1.54) is 0 Å². The van der Waals surface area contributed by atoms with Crippen molar-refractivity contribution in [2.45, 2.75) is 39.5 Å². The molecule has 0 saturated heterocycles. The standard InChI is InChI=1S/C23H22N2O3/c1-13-4-6-14(7-5-13)17-8-9-18(27-17)20-15(12-24)22(25)28-19-11-23(2,3)10-16(26)21(19)20/h4-9,15,20,25H,10-11H2,1-3H3. The van der Waals surface area contributed by atoms with Crippen LogP contribution in [0.5, 0.6) is 0 Å². The number of ketones is 1. The van der Waals surface area contributed by atoms with E-state index in [-0.39, 0.29) is 17.1 Å². The lowest BCUT2D eigenvalue weighted by Gasteiger charge is -2.38. The summed E-state index contributed by atoms with van der Waals surface area (Å²) in [7, 11) is 0. The number of rotatable bonds is 2. The molecule has 2 atom stereocenters. The molecular formula is C23H22N2O3. The van der Waals surface area contributed by atoms with Gasteiger partial charge < -0.3 is 9.15 Å². The van der Waals surface area contributed by atoms with Crippen molar-refractivity contribution in [3.8, 4) is 17.4 Å². The highest BCUT2D eigenvalue weighted by atomic mass is 16.5. The summed E-state index contributed by atoms with van der Waals surface area (Å²) < 4.78 is 11.7. The number of nitrogens with zero attached hydrogens (tertiary/aromatic N) is 1. The molecule has 1 N–H and O–H groups in total. The van der Waals surface area contributed by atoms with Gasteiger partial charge in [-0.2, -0.15) is 5.26 Å². The first kappa shape index (κ1) is 18.2. The summed E-state index contributed by atoms with van der Waals surface area (Å²) in [6.07, 6.45) is 0.958. The smallest absolute Gasteiger partial charge is 0.205 e. The van der Waals surface area contributed by atoms with Gasteiger partial charge in [0.05, 0.1) is 12.0 Å². The summed E-state index contributed by atoms with van der Waals surface area (Å²) in [4.78, 5) is 13.0. The van der Waals surface area contributed by atoms with Gasteiger partial charge in [0.1, 0.15) is 23.2 Å². The molecule has 0 bridgehead atoms. The predicted octanol–water partition coefficient (Wildman–Crippen LogP) is 5.13. The van der Waals surface area contributed by atoms with E-state index in [9.17, 15) is 10.1 Å². The first-order chi connectivity index (χ1) is 13.3. The van der Waals surface area contributed by atoms with Gasteiger partial charge in [-0.25, -0.2) is 0 Å². The topological polar surface area (TPSA) is 87.1 Å². The number of aryl methyl sites for hydroxylation is 1.